The van der Waals surface area contributed by atoms with Gasteiger partial charge >= 0.3 is 0 Å². The third-order valence-corrected chi connectivity index (χ3v) is 2.39. The molecule has 1 atom stereocenters. The van der Waals surface area contributed by atoms with E-state index < -0.39 is 0 Å². The van der Waals surface area contributed by atoms with Crippen LogP contribution in [0.15, 0.2) is 0 Å². The lowest BCUT2D eigenvalue weighted by Gasteiger charge is -2.09. The summed E-state index contributed by atoms with van der Waals surface area (Å²) in [5.74, 6) is 0. The normalized spacial score (nSPS) is 22.4. The molecule has 0 aromatic carbocycles. The maximum atomic E-state index is 5.53. The second-order valence-electron chi connectivity index (χ2n) is 3.52. The molecule has 0 saturated carbocycles. The van der Waals surface area contributed by atoms with Gasteiger partial charge in [-0.15, -0.1) is 0 Å². The molecule has 0 aliphatic carbocycles. The van der Waals surface area contributed by atoms with Crippen molar-refractivity contribution in [1.29, 1.82) is 0 Å². The summed E-state index contributed by atoms with van der Waals surface area (Å²) in [5, 5.41) is 3.33. The molecule has 1 N–H and O–H groups in total. The first kappa shape index (κ1) is 11.0. The molecule has 1 unspecified atom stereocenters. The number of hydrogen-bond donors (Lipinski definition) is 1. The van der Waals surface area contributed by atoms with E-state index >= 15 is 0 Å². The van der Waals surface area contributed by atoms with Gasteiger partial charge in [0.05, 0.1) is 12.7 Å². The molecule has 0 aromatic heterocycles. The molecule has 1 rings (SSSR count). The van der Waals surface area contributed by atoms with Crippen LogP contribution in [-0.4, -0.2) is 39.5 Å². The van der Waals surface area contributed by atoms with Gasteiger partial charge in [0.1, 0.15) is 0 Å². The van der Waals surface area contributed by atoms with E-state index in [-0.39, 0.29) is 0 Å². The Morgan fingerprint density at radius 2 is 2.38 bits per heavy atom. The highest BCUT2D eigenvalue weighted by molar-refractivity contribution is 4.65. The van der Waals surface area contributed by atoms with Gasteiger partial charge < -0.3 is 14.8 Å². The van der Waals surface area contributed by atoms with E-state index in [1.807, 2.05) is 0 Å². The minimum atomic E-state index is 0.546. The smallest absolute Gasteiger partial charge is 0.0587 e. The van der Waals surface area contributed by atoms with E-state index in [0.717, 1.165) is 26.3 Å². The zero-order valence-electron chi connectivity index (χ0n) is 8.55. The molecule has 0 spiro atoms. The fraction of sp³-hybridized carbons (Fsp3) is 1.00. The van der Waals surface area contributed by atoms with Gasteiger partial charge in [-0.1, -0.05) is 0 Å². The largest absolute Gasteiger partial charge is 0.383 e. The summed E-state index contributed by atoms with van der Waals surface area (Å²) in [6.07, 6.45) is 5.48. The summed E-state index contributed by atoms with van der Waals surface area (Å²) in [6.45, 7) is 3.83. The van der Waals surface area contributed by atoms with Gasteiger partial charge in [-0.25, -0.2) is 0 Å². The standard InChI is InChI=1S/C10H21NO2/c1-12-9-7-11-6-2-4-10-5-3-8-13-10/h10-11H,2-9H2,1H3. The first-order valence-electron chi connectivity index (χ1n) is 5.24. The van der Waals surface area contributed by atoms with Gasteiger partial charge in [0, 0.05) is 20.3 Å². The Bertz CT molecular complexity index is 113. The molecule has 13 heavy (non-hydrogen) atoms. The fourth-order valence-corrected chi connectivity index (χ4v) is 1.63. The van der Waals surface area contributed by atoms with Crippen molar-refractivity contribution < 1.29 is 9.47 Å². The number of nitrogens with one attached hydrogen (secondary N) is 1. The predicted octanol–water partition coefficient (Wildman–Crippen LogP) is 1.18. The molecule has 1 heterocycles. The molecule has 1 aliphatic rings. The third kappa shape index (κ3) is 5.24. The third-order valence-electron chi connectivity index (χ3n) is 2.39. The maximum absolute atomic E-state index is 5.53. The van der Waals surface area contributed by atoms with Crippen LogP contribution in [0.4, 0.5) is 0 Å². The first-order valence-corrected chi connectivity index (χ1v) is 5.24. The van der Waals surface area contributed by atoms with Crippen LogP contribution in [0.3, 0.4) is 0 Å². The van der Waals surface area contributed by atoms with Crippen molar-refractivity contribution in [2.45, 2.75) is 31.8 Å². The van der Waals surface area contributed by atoms with Crippen LogP contribution < -0.4 is 5.32 Å². The number of hydrogen-bond acceptors (Lipinski definition) is 3. The Kier molecular flexibility index (Phi) is 6.15. The van der Waals surface area contributed by atoms with Crippen molar-refractivity contribution in [2.75, 3.05) is 33.4 Å². The minimum absolute atomic E-state index is 0.546. The van der Waals surface area contributed by atoms with Crippen molar-refractivity contribution in [2.24, 2.45) is 0 Å². The Morgan fingerprint density at radius 1 is 1.46 bits per heavy atom. The number of methoxy groups -OCH3 is 1. The molecule has 0 amide bonds. The monoisotopic (exact) mass is 187 g/mol. The second kappa shape index (κ2) is 7.30. The van der Waals surface area contributed by atoms with E-state index in [4.69, 9.17) is 9.47 Å². The van der Waals surface area contributed by atoms with Crippen LogP contribution in [0.25, 0.3) is 0 Å². The highest BCUT2D eigenvalue weighted by atomic mass is 16.5. The van der Waals surface area contributed by atoms with Crippen LogP contribution in [0, 0.1) is 0 Å². The molecular weight excluding hydrogens is 166 g/mol. The summed E-state index contributed by atoms with van der Waals surface area (Å²) in [4.78, 5) is 0. The fourth-order valence-electron chi connectivity index (χ4n) is 1.63. The van der Waals surface area contributed by atoms with Crippen molar-refractivity contribution in [1.82, 2.24) is 5.32 Å². The molecular formula is C10H21NO2. The van der Waals surface area contributed by atoms with E-state index in [9.17, 15) is 0 Å². The predicted molar refractivity (Wildman–Crippen MR) is 53.0 cm³/mol. The molecule has 3 heteroatoms. The Morgan fingerprint density at radius 3 is 3.08 bits per heavy atom. The molecule has 0 bridgehead atoms. The summed E-state index contributed by atoms with van der Waals surface area (Å²) < 4.78 is 10.5. The summed E-state index contributed by atoms with van der Waals surface area (Å²) in [6, 6.07) is 0. The lowest BCUT2D eigenvalue weighted by Crippen LogP contribution is -2.21. The number of rotatable bonds is 7. The minimum Gasteiger partial charge on any atom is -0.383 e. The van der Waals surface area contributed by atoms with Gasteiger partial charge in [-0.05, 0) is 32.2 Å². The molecule has 1 fully saturated rings. The second-order valence-corrected chi connectivity index (χ2v) is 3.52. The lowest BCUT2D eigenvalue weighted by atomic mass is 10.1. The van der Waals surface area contributed by atoms with Crippen molar-refractivity contribution in [3.63, 3.8) is 0 Å². The highest BCUT2D eigenvalue weighted by Gasteiger charge is 2.13. The Hall–Kier alpha value is -0.120. The zero-order chi connectivity index (χ0) is 9.36. The summed E-state index contributed by atoms with van der Waals surface area (Å²) >= 11 is 0. The Labute approximate surface area is 80.8 Å². The first-order chi connectivity index (χ1) is 6.43. The molecule has 0 aromatic rings. The van der Waals surface area contributed by atoms with Crippen LogP contribution in [-0.2, 0) is 9.47 Å². The molecule has 78 valence electrons. The van der Waals surface area contributed by atoms with Crippen LogP contribution in [0.1, 0.15) is 25.7 Å². The average Bonchev–Trinajstić information content (AvgIpc) is 2.63. The van der Waals surface area contributed by atoms with Crippen molar-refractivity contribution >= 4 is 0 Å². The van der Waals surface area contributed by atoms with Gasteiger partial charge in [0.15, 0.2) is 0 Å². The maximum Gasteiger partial charge on any atom is 0.0587 e. The molecule has 1 aliphatic heterocycles. The average molecular weight is 187 g/mol. The van der Waals surface area contributed by atoms with Crippen LogP contribution in [0.5, 0.6) is 0 Å². The van der Waals surface area contributed by atoms with E-state index in [0.29, 0.717) is 6.10 Å². The quantitative estimate of drug-likeness (QED) is 0.607. The highest BCUT2D eigenvalue weighted by Crippen LogP contribution is 2.16. The zero-order valence-corrected chi connectivity index (χ0v) is 8.55. The lowest BCUT2D eigenvalue weighted by molar-refractivity contribution is 0.102. The Balaban J connectivity index is 1.78. The summed E-state index contributed by atoms with van der Waals surface area (Å²) in [5.41, 5.74) is 0. The van der Waals surface area contributed by atoms with Crippen LogP contribution >= 0.6 is 0 Å². The summed E-state index contributed by atoms with van der Waals surface area (Å²) in [7, 11) is 1.73. The number of ether oxygens (including phenoxy) is 2. The van der Waals surface area contributed by atoms with E-state index in [2.05, 4.69) is 5.32 Å². The molecule has 0 radical (unpaired) electrons. The van der Waals surface area contributed by atoms with Gasteiger partial charge in [0.25, 0.3) is 0 Å². The van der Waals surface area contributed by atoms with Gasteiger partial charge in [-0.3, -0.25) is 0 Å². The van der Waals surface area contributed by atoms with Gasteiger partial charge in [-0.2, -0.15) is 0 Å². The molecule has 3 nitrogen and oxygen atoms in total. The molecule has 1 saturated heterocycles. The van der Waals surface area contributed by atoms with E-state index in [1.54, 1.807) is 7.11 Å². The van der Waals surface area contributed by atoms with Crippen molar-refractivity contribution in [3.8, 4) is 0 Å². The van der Waals surface area contributed by atoms with Gasteiger partial charge in [0.2, 0.25) is 0 Å². The van der Waals surface area contributed by atoms with Crippen molar-refractivity contribution in [3.05, 3.63) is 0 Å². The SMILES string of the molecule is COCCNCCCC1CCCO1. The topological polar surface area (TPSA) is 30.5 Å². The van der Waals surface area contributed by atoms with E-state index in [1.165, 1.54) is 25.7 Å². The van der Waals surface area contributed by atoms with Crippen LogP contribution in [0.2, 0.25) is 0 Å².